The smallest absolute Gasteiger partial charge is 0.325 e. The fraction of sp³-hybridized carbons (Fsp3) is 0.176. The van der Waals surface area contributed by atoms with Crippen LogP contribution in [0.4, 0.5) is 5.82 Å². The van der Waals surface area contributed by atoms with Gasteiger partial charge in [-0.25, -0.2) is 4.98 Å². The summed E-state index contributed by atoms with van der Waals surface area (Å²) in [6.45, 7) is -0.874. The molecule has 2 rings (SSSR count). The predicted molar refractivity (Wildman–Crippen MR) is 94.2 cm³/mol. The van der Waals surface area contributed by atoms with Crippen LogP contribution in [0.1, 0.15) is 10.4 Å². The SMILES string of the molecule is COc1cccc(C(=O)NCC(=O)OCC(=O)Nc2ccc(Cl)cn2)c1. The number of carbonyl (C=O) groups is 3. The lowest BCUT2D eigenvalue weighted by atomic mass is 10.2. The molecule has 1 heterocycles. The summed E-state index contributed by atoms with van der Waals surface area (Å²) in [4.78, 5) is 39.1. The maximum atomic E-state index is 12.0. The van der Waals surface area contributed by atoms with Crippen LogP contribution < -0.4 is 15.4 Å². The quantitative estimate of drug-likeness (QED) is 0.711. The minimum absolute atomic E-state index is 0.279. The van der Waals surface area contributed by atoms with Gasteiger partial charge in [-0.3, -0.25) is 14.4 Å². The number of halogens is 1. The summed E-state index contributed by atoms with van der Waals surface area (Å²) in [6.07, 6.45) is 1.37. The minimum atomic E-state index is -0.750. The van der Waals surface area contributed by atoms with Gasteiger partial charge in [-0.15, -0.1) is 0 Å². The Morgan fingerprint density at radius 1 is 1.19 bits per heavy atom. The number of carbonyl (C=O) groups excluding carboxylic acids is 3. The number of esters is 1. The summed E-state index contributed by atoms with van der Waals surface area (Å²) in [6, 6.07) is 9.53. The summed E-state index contributed by atoms with van der Waals surface area (Å²) in [7, 11) is 1.49. The van der Waals surface area contributed by atoms with Crippen molar-refractivity contribution < 1.29 is 23.9 Å². The highest BCUT2D eigenvalue weighted by atomic mass is 35.5. The number of rotatable bonds is 7. The fourth-order valence-corrected chi connectivity index (χ4v) is 1.96. The number of aromatic nitrogens is 1. The molecule has 0 aliphatic carbocycles. The standard InChI is InChI=1S/C17H16ClN3O5/c1-25-13-4-2-3-11(7-13)17(24)20-9-16(23)26-10-15(22)21-14-6-5-12(18)8-19-14/h2-8H,9-10H2,1H3,(H,20,24)(H,19,21,22). The summed E-state index contributed by atoms with van der Waals surface area (Å²) in [5.41, 5.74) is 0.337. The number of pyridine rings is 1. The summed E-state index contributed by atoms with van der Waals surface area (Å²) in [5, 5.41) is 5.27. The van der Waals surface area contributed by atoms with Gasteiger partial charge in [0.2, 0.25) is 0 Å². The van der Waals surface area contributed by atoms with Gasteiger partial charge >= 0.3 is 5.97 Å². The van der Waals surface area contributed by atoms with Gasteiger partial charge in [0.25, 0.3) is 11.8 Å². The van der Waals surface area contributed by atoms with E-state index in [0.717, 1.165) is 0 Å². The first kappa shape index (κ1) is 19.2. The molecule has 1 aromatic heterocycles. The van der Waals surface area contributed by atoms with Crippen molar-refractivity contribution in [2.45, 2.75) is 0 Å². The second kappa shape index (κ2) is 9.38. The number of ether oxygens (including phenoxy) is 2. The fourth-order valence-electron chi connectivity index (χ4n) is 1.84. The van der Waals surface area contributed by atoms with Gasteiger partial charge < -0.3 is 20.1 Å². The highest BCUT2D eigenvalue weighted by Gasteiger charge is 2.11. The van der Waals surface area contributed by atoms with Crippen LogP contribution >= 0.6 is 11.6 Å². The number of nitrogens with zero attached hydrogens (tertiary/aromatic N) is 1. The Morgan fingerprint density at radius 3 is 2.69 bits per heavy atom. The molecule has 26 heavy (non-hydrogen) atoms. The third-order valence-electron chi connectivity index (χ3n) is 3.08. The number of benzene rings is 1. The molecule has 1 aromatic carbocycles. The second-order valence-corrected chi connectivity index (χ2v) is 5.42. The molecule has 2 aromatic rings. The summed E-state index contributed by atoms with van der Waals surface area (Å²) < 4.78 is 9.81. The Hall–Kier alpha value is -3.13. The summed E-state index contributed by atoms with van der Waals surface area (Å²) in [5.74, 6) is -0.974. The molecule has 0 saturated carbocycles. The molecule has 136 valence electrons. The Balaban J connectivity index is 1.73. The molecule has 0 unspecified atom stereocenters. The van der Waals surface area contributed by atoms with Gasteiger partial charge in [0.15, 0.2) is 6.61 Å². The van der Waals surface area contributed by atoms with Crippen molar-refractivity contribution in [1.29, 1.82) is 0 Å². The molecule has 2 N–H and O–H groups in total. The molecule has 0 radical (unpaired) electrons. The van der Waals surface area contributed by atoms with Crippen LogP contribution in [0.15, 0.2) is 42.6 Å². The molecular formula is C17H16ClN3O5. The average Bonchev–Trinajstić information content (AvgIpc) is 2.66. The third kappa shape index (κ3) is 6.06. The van der Waals surface area contributed by atoms with E-state index in [9.17, 15) is 14.4 Å². The van der Waals surface area contributed by atoms with Gasteiger partial charge in [0, 0.05) is 11.8 Å². The molecule has 9 heteroatoms. The van der Waals surface area contributed by atoms with E-state index in [1.807, 2.05) is 0 Å². The maximum absolute atomic E-state index is 12.0. The Kier molecular flexibility index (Phi) is 6.92. The van der Waals surface area contributed by atoms with Gasteiger partial charge in [0.05, 0.1) is 12.1 Å². The zero-order valence-electron chi connectivity index (χ0n) is 13.8. The maximum Gasteiger partial charge on any atom is 0.325 e. The van der Waals surface area contributed by atoms with Crippen molar-refractivity contribution in [3.05, 3.63) is 53.2 Å². The van der Waals surface area contributed by atoms with Crippen molar-refractivity contribution >= 4 is 35.2 Å². The molecular weight excluding hydrogens is 362 g/mol. The number of hydrogen-bond acceptors (Lipinski definition) is 6. The zero-order valence-corrected chi connectivity index (χ0v) is 14.6. The Labute approximate surface area is 154 Å². The lowest BCUT2D eigenvalue weighted by Crippen LogP contribution is -2.32. The molecule has 0 spiro atoms. The molecule has 8 nitrogen and oxygen atoms in total. The first-order chi connectivity index (χ1) is 12.5. The predicted octanol–water partition coefficient (Wildman–Crippen LogP) is 1.66. The van der Waals surface area contributed by atoms with Crippen LogP contribution in [0.5, 0.6) is 5.75 Å². The molecule has 0 aliphatic rings. The van der Waals surface area contributed by atoms with E-state index < -0.39 is 24.4 Å². The van der Waals surface area contributed by atoms with Crippen LogP contribution in [0, 0.1) is 0 Å². The number of hydrogen-bond donors (Lipinski definition) is 2. The Bertz CT molecular complexity index is 795. The summed E-state index contributed by atoms with van der Waals surface area (Å²) >= 11 is 5.69. The van der Waals surface area contributed by atoms with E-state index in [1.165, 1.54) is 25.4 Å². The highest BCUT2D eigenvalue weighted by molar-refractivity contribution is 6.30. The van der Waals surface area contributed by atoms with Crippen LogP contribution in [0.3, 0.4) is 0 Å². The van der Waals surface area contributed by atoms with Crippen LogP contribution in [-0.2, 0) is 14.3 Å². The number of anilines is 1. The molecule has 0 bridgehead atoms. The normalized spacial score (nSPS) is 9.92. The number of methoxy groups -OCH3 is 1. The highest BCUT2D eigenvalue weighted by Crippen LogP contribution is 2.12. The first-order valence-corrected chi connectivity index (χ1v) is 7.85. The van der Waals surface area contributed by atoms with Gasteiger partial charge in [-0.05, 0) is 30.3 Å². The van der Waals surface area contributed by atoms with Crippen molar-refractivity contribution in [3.63, 3.8) is 0 Å². The van der Waals surface area contributed by atoms with Crippen molar-refractivity contribution in [3.8, 4) is 5.75 Å². The van der Waals surface area contributed by atoms with Crippen molar-refractivity contribution in [2.75, 3.05) is 25.6 Å². The topological polar surface area (TPSA) is 107 Å². The number of amides is 2. The molecule has 0 aliphatic heterocycles. The second-order valence-electron chi connectivity index (χ2n) is 4.99. The molecule has 0 fully saturated rings. The molecule has 0 atom stereocenters. The monoisotopic (exact) mass is 377 g/mol. The van der Waals surface area contributed by atoms with Crippen LogP contribution in [0.2, 0.25) is 5.02 Å². The molecule has 0 saturated heterocycles. The minimum Gasteiger partial charge on any atom is -0.497 e. The largest absolute Gasteiger partial charge is 0.497 e. The number of nitrogens with one attached hydrogen (secondary N) is 2. The molecule has 2 amide bonds. The Morgan fingerprint density at radius 2 is 2.00 bits per heavy atom. The van der Waals surface area contributed by atoms with E-state index in [4.69, 9.17) is 21.1 Å². The zero-order chi connectivity index (χ0) is 18.9. The van der Waals surface area contributed by atoms with E-state index >= 15 is 0 Å². The third-order valence-corrected chi connectivity index (χ3v) is 3.31. The first-order valence-electron chi connectivity index (χ1n) is 7.47. The van der Waals surface area contributed by atoms with E-state index in [-0.39, 0.29) is 12.4 Å². The van der Waals surface area contributed by atoms with Crippen molar-refractivity contribution in [2.24, 2.45) is 0 Å². The van der Waals surface area contributed by atoms with Crippen LogP contribution in [-0.4, -0.2) is 43.0 Å². The van der Waals surface area contributed by atoms with Gasteiger partial charge in [-0.2, -0.15) is 0 Å². The van der Waals surface area contributed by atoms with E-state index in [0.29, 0.717) is 16.3 Å². The average molecular weight is 378 g/mol. The van der Waals surface area contributed by atoms with E-state index in [1.54, 1.807) is 24.3 Å². The van der Waals surface area contributed by atoms with Gasteiger partial charge in [0.1, 0.15) is 18.1 Å². The lowest BCUT2D eigenvalue weighted by Gasteiger charge is -2.08. The van der Waals surface area contributed by atoms with E-state index in [2.05, 4.69) is 15.6 Å². The lowest BCUT2D eigenvalue weighted by molar-refractivity contribution is -0.146. The van der Waals surface area contributed by atoms with Crippen LogP contribution in [0.25, 0.3) is 0 Å². The van der Waals surface area contributed by atoms with Crippen molar-refractivity contribution in [1.82, 2.24) is 10.3 Å². The van der Waals surface area contributed by atoms with Gasteiger partial charge in [-0.1, -0.05) is 17.7 Å².